The van der Waals surface area contributed by atoms with Crippen molar-refractivity contribution in [3.8, 4) is 5.75 Å². The predicted octanol–water partition coefficient (Wildman–Crippen LogP) is 1.70. The van der Waals surface area contributed by atoms with Crippen molar-refractivity contribution in [3.05, 3.63) is 22.7 Å². The highest BCUT2D eigenvalue weighted by Crippen LogP contribution is 2.32. The van der Waals surface area contributed by atoms with Crippen LogP contribution in [0.15, 0.2) is 22.7 Å². The molecule has 19 heavy (non-hydrogen) atoms. The van der Waals surface area contributed by atoms with E-state index in [9.17, 15) is 9.59 Å². The van der Waals surface area contributed by atoms with Crippen LogP contribution in [-0.4, -0.2) is 31.5 Å². The fourth-order valence-electron chi connectivity index (χ4n) is 2.07. The van der Waals surface area contributed by atoms with Gasteiger partial charge in [-0.2, -0.15) is 0 Å². The Kier molecular flexibility index (Phi) is 4.09. The molecule has 1 fully saturated rings. The van der Waals surface area contributed by atoms with Crippen molar-refractivity contribution in [2.75, 3.05) is 18.6 Å². The molecule has 0 radical (unpaired) electrons. The van der Waals surface area contributed by atoms with Crippen LogP contribution in [0.5, 0.6) is 5.75 Å². The average Bonchev–Trinajstić information content (AvgIpc) is 2.41. The lowest BCUT2D eigenvalue weighted by atomic mass is 10.1. The van der Waals surface area contributed by atoms with Crippen LogP contribution < -0.4 is 15.0 Å². The van der Waals surface area contributed by atoms with Crippen molar-refractivity contribution in [2.24, 2.45) is 0 Å². The number of hydrogen-bond acceptors (Lipinski definition) is 3. The summed E-state index contributed by atoms with van der Waals surface area (Å²) in [6, 6.07) is 4.90. The number of anilines is 1. The number of amides is 2. The number of benzene rings is 1. The molecule has 2 amide bonds. The van der Waals surface area contributed by atoms with Gasteiger partial charge in [0.25, 0.3) is 0 Å². The van der Waals surface area contributed by atoms with E-state index in [2.05, 4.69) is 21.2 Å². The summed E-state index contributed by atoms with van der Waals surface area (Å²) in [4.78, 5) is 25.5. The standard InChI is InChI=1S/C13H15BrN2O3/c1-3-9-13(18)16(7-12(17)15-9)10-6-8(14)4-5-11(10)19-2/h4-6,9H,3,7H2,1-2H3,(H,15,17). The molecule has 0 aromatic heterocycles. The highest BCUT2D eigenvalue weighted by Gasteiger charge is 2.33. The molecule has 0 spiro atoms. The Morgan fingerprint density at radius 2 is 2.21 bits per heavy atom. The number of ether oxygens (including phenoxy) is 1. The van der Waals surface area contributed by atoms with Crippen molar-refractivity contribution >= 4 is 33.4 Å². The van der Waals surface area contributed by atoms with E-state index in [-0.39, 0.29) is 18.4 Å². The van der Waals surface area contributed by atoms with Crippen molar-refractivity contribution in [2.45, 2.75) is 19.4 Å². The molecule has 1 aromatic carbocycles. The first kappa shape index (κ1) is 13.9. The number of carbonyl (C=O) groups is 2. The molecule has 0 bridgehead atoms. The molecule has 5 nitrogen and oxygen atoms in total. The zero-order valence-corrected chi connectivity index (χ0v) is 12.4. The Morgan fingerprint density at radius 3 is 2.84 bits per heavy atom. The molecule has 0 saturated carbocycles. The van der Waals surface area contributed by atoms with Gasteiger partial charge in [0.15, 0.2) is 0 Å². The van der Waals surface area contributed by atoms with E-state index in [1.165, 1.54) is 4.90 Å². The van der Waals surface area contributed by atoms with Gasteiger partial charge in [0.2, 0.25) is 11.8 Å². The molecule has 1 heterocycles. The van der Waals surface area contributed by atoms with Crippen molar-refractivity contribution < 1.29 is 14.3 Å². The van der Waals surface area contributed by atoms with Crippen molar-refractivity contribution in [3.63, 3.8) is 0 Å². The van der Waals surface area contributed by atoms with Gasteiger partial charge in [0.1, 0.15) is 18.3 Å². The number of halogens is 1. The molecule has 1 aromatic rings. The third kappa shape index (κ3) is 2.73. The van der Waals surface area contributed by atoms with Gasteiger partial charge in [0, 0.05) is 4.47 Å². The van der Waals surface area contributed by atoms with E-state index in [1.54, 1.807) is 19.2 Å². The summed E-state index contributed by atoms with van der Waals surface area (Å²) in [5, 5.41) is 2.68. The van der Waals surface area contributed by atoms with Crippen LogP contribution in [0, 0.1) is 0 Å². The summed E-state index contributed by atoms with van der Waals surface area (Å²) in [6.45, 7) is 1.88. The van der Waals surface area contributed by atoms with E-state index in [1.807, 2.05) is 13.0 Å². The molecule has 1 saturated heterocycles. The maximum atomic E-state index is 12.3. The van der Waals surface area contributed by atoms with Gasteiger partial charge in [-0.05, 0) is 24.6 Å². The Morgan fingerprint density at radius 1 is 1.47 bits per heavy atom. The molecule has 1 aliphatic rings. The molecule has 102 valence electrons. The average molecular weight is 327 g/mol. The summed E-state index contributed by atoms with van der Waals surface area (Å²) in [5.74, 6) is 0.299. The molecule has 1 unspecified atom stereocenters. The van der Waals surface area contributed by atoms with Gasteiger partial charge in [-0.3, -0.25) is 14.5 Å². The third-order valence-corrected chi connectivity index (χ3v) is 3.53. The van der Waals surface area contributed by atoms with Gasteiger partial charge in [0.05, 0.1) is 12.8 Å². The summed E-state index contributed by atoms with van der Waals surface area (Å²) < 4.78 is 6.09. The zero-order chi connectivity index (χ0) is 14.0. The number of nitrogens with one attached hydrogen (secondary N) is 1. The van der Waals surface area contributed by atoms with Gasteiger partial charge in [-0.1, -0.05) is 22.9 Å². The lowest BCUT2D eigenvalue weighted by molar-refractivity contribution is -0.131. The summed E-state index contributed by atoms with van der Waals surface area (Å²) in [6.07, 6.45) is 0.567. The number of hydrogen-bond donors (Lipinski definition) is 1. The van der Waals surface area contributed by atoms with Crippen LogP contribution in [0.1, 0.15) is 13.3 Å². The summed E-state index contributed by atoms with van der Waals surface area (Å²) in [7, 11) is 1.54. The Bertz CT molecular complexity index is 519. The number of rotatable bonds is 3. The van der Waals surface area contributed by atoms with Crippen LogP contribution in [0.2, 0.25) is 0 Å². The smallest absolute Gasteiger partial charge is 0.250 e. The van der Waals surface area contributed by atoms with E-state index >= 15 is 0 Å². The fraction of sp³-hybridized carbons (Fsp3) is 0.385. The molecule has 1 aliphatic heterocycles. The van der Waals surface area contributed by atoms with Crippen LogP contribution in [0.25, 0.3) is 0 Å². The van der Waals surface area contributed by atoms with E-state index in [4.69, 9.17) is 4.74 Å². The zero-order valence-electron chi connectivity index (χ0n) is 10.8. The van der Waals surface area contributed by atoms with Crippen LogP contribution in [0.3, 0.4) is 0 Å². The maximum absolute atomic E-state index is 12.3. The van der Waals surface area contributed by atoms with Gasteiger partial charge < -0.3 is 10.1 Å². The highest BCUT2D eigenvalue weighted by atomic mass is 79.9. The maximum Gasteiger partial charge on any atom is 0.250 e. The Hall–Kier alpha value is -1.56. The van der Waals surface area contributed by atoms with Crippen molar-refractivity contribution in [1.82, 2.24) is 5.32 Å². The first-order chi connectivity index (χ1) is 9.06. The normalized spacial score (nSPS) is 19.3. The molecule has 0 aliphatic carbocycles. The van der Waals surface area contributed by atoms with Crippen LogP contribution in [0.4, 0.5) is 5.69 Å². The Labute approximate surface area is 120 Å². The fourth-order valence-corrected chi connectivity index (χ4v) is 2.41. The Balaban J connectivity index is 2.41. The van der Waals surface area contributed by atoms with Gasteiger partial charge >= 0.3 is 0 Å². The topological polar surface area (TPSA) is 58.6 Å². The lowest BCUT2D eigenvalue weighted by Gasteiger charge is -2.32. The van der Waals surface area contributed by atoms with E-state index < -0.39 is 6.04 Å². The SMILES string of the molecule is CCC1NC(=O)CN(c2cc(Br)ccc2OC)C1=O. The van der Waals surface area contributed by atoms with Gasteiger partial charge in [-0.15, -0.1) is 0 Å². The monoisotopic (exact) mass is 326 g/mol. The molecule has 1 atom stereocenters. The molecular formula is C13H15BrN2O3. The second-order valence-corrected chi connectivity index (χ2v) is 5.18. The first-order valence-corrected chi connectivity index (χ1v) is 6.80. The third-order valence-electron chi connectivity index (χ3n) is 3.04. The quantitative estimate of drug-likeness (QED) is 0.919. The first-order valence-electron chi connectivity index (χ1n) is 6.01. The highest BCUT2D eigenvalue weighted by molar-refractivity contribution is 9.10. The number of piperazine rings is 1. The van der Waals surface area contributed by atoms with Crippen LogP contribution >= 0.6 is 15.9 Å². The minimum atomic E-state index is -0.468. The summed E-state index contributed by atoms with van der Waals surface area (Å²) in [5.41, 5.74) is 0.607. The van der Waals surface area contributed by atoms with E-state index in [0.29, 0.717) is 17.9 Å². The largest absolute Gasteiger partial charge is 0.495 e. The predicted molar refractivity (Wildman–Crippen MR) is 75.3 cm³/mol. The summed E-state index contributed by atoms with van der Waals surface area (Å²) >= 11 is 3.37. The second-order valence-electron chi connectivity index (χ2n) is 4.27. The number of carbonyl (C=O) groups excluding carboxylic acids is 2. The van der Waals surface area contributed by atoms with Crippen LogP contribution in [-0.2, 0) is 9.59 Å². The molecule has 2 rings (SSSR count). The second kappa shape index (κ2) is 5.61. The lowest BCUT2D eigenvalue weighted by Crippen LogP contribution is -2.58. The molecule has 1 N–H and O–H groups in total. The number of nitrogens with zero attached hydrogens (tertiary/aromatic N) is 1. The molecular weight excluding hydrogens is 312 g/mol. The van der Waals surface area contributed by atoms with E-state index in [0.717, 1.165) is 4.47 Å². The van der Waals surface area contributed by atoms with Gasteiger partial charge in [-0.25, -0.2) is 0 Å². The number of methoxy groups -OCH3 is 1. The minimum absolute atomic E-state index is 0.0160. The van der Waals surface area contributed by atoms with Crippen molar-refractivity contribution in [1.29, 1.82) is 0 Å². The molecule has 6 heteroatoms. The minimum Gasteiger partial charge on any atom is -0.495 e.